The number of hydrogen-bond donors (Lipinski definition) is 2. The van der Waals surface area contributed by atoms with Crippen LogP contribution in [0.15, 0.2) is 48.5 Å². The van der Waals surface area contributed by atoms with Crippen LogP contribution < -0.4 is 5.32 Å². The molecule has 1 saturated carbocycles. The highest BCUT2D eigenvalue weighted by molar-refractivity contribution is 5.91. The zero-order valence-electron chi connectivity index (χ0n) is 13.0. The molecule has 3 rings (SSSR count). The number of aromatic carboxylic acids is 1. The lowest BCUT2D eigenvalue weighted by Gasteiger charge is -2.16. The fraction of sp³-hybridized carbons (Fsp3) is 0.263. The smallest absolute Gasteiger partial charge is 0.335 e. The summed E-state index contributed by atoms with van der Waals surface area (Å²) in [6.07, 6.45) is 1.72. The normalized spacial score (nSPS) is 15.0. The van der Waals surface area contributed by atoms with Gasteiger partial charge >= 0.3 is 5.97 Å². The SMILES string of the molecule is Cc1cccc(C2(C(=O)NCc3cccc(C(=O)O)c3)CC2)c1. The molecule has 1 fully saturated rings. The van der Waals surface area contributed by atoms with Crippen LogP contribution in [0, 0.1) is 6.92 Å². The maximum atomic E-state index is 12.6. The van der Waals surface area contributed by atoms with Crippen molar-refractivity contribution >= 4 is 11.9 Å². The summed E-state index contributed by atoms with van der Waals surface area (Å²) in [7, 11) is 0. The Balaban J connectivity index is 1.70. The van der Waals surface area contributed by atoms with Crippen molar-refractivity contribution in [1.82, 2.24) is 5.32 Å². The van der Waals surface area contributed by atoms with Gasteiger partial charge in [0, 0.05) is 6.54 Å². The number of hydrogen-bond acceptors (Lipinski definition) is 2. The Morgan fingerprint density at radius 1 is 1.13 bits per heavy atom. The van der Waals surface area contributed by atoms with Gasteiger partial charge in [-0.1, -0.05) is 42.0 Å². The van der Waals surface area contributed by atoms with Gasteiger partial charge in [-0.25, -0.2) is 4.79 Å². The molecule has 2 aromatic carbocycles. The van der Waals surface area contributed by atoms with Crippen molar-refractivity contribution in [2.75, 3.05) is 0 Å². The van der Waals surface area contributed by atoms with Crippen LogP contribution >= 0.6 is 0 Å². The Morgan fingerprint density at radius 2 is 1.87 bits per heavy atom. The standard InChI is InChI=1S/C19H19NO3/c1-13-4-2-7-16(10-13)19(8-9-19)18(23)20-12-14-5-3-6-15(11-14)17(21)22/h2-7,10-11H,8-9,12H2,1H3,(H,20,23)(H,21,22). The summed E-state index contributed by atoms with van der Waals surface area (Å²) < 4.78 is 0. The minimum absolute atomic E-state index is 0.0174. The molecule has 0 aliphatic heterocycles. The van der Waals surface area contributed by atoms with Crippen LogP contribution in [0.4, 0.5) is 0 Å². The maximum Gasteiger partial charge on any atom is 0.335 e. The molecule has 4 nitrogen and oxygen atoms in total. The van der Waals surface area contributed by atoms with Gasteiger partial charge in [0.2, 0.25) is 5.91 Å². The Morgan fingerprint density at radius 3 is 2.52 bits per heavy atom. The molecular weight excluding hydrogens is 290 g/mol. The molecule has 118 valence electrons. The van der Waals surface area contributed by atoms with Gasteiger partial charge in [0.15, 0.2) is 0 Å². The van der Waals surface area contributed by atoms with Crippen LogP contribution in [0.25, 0.3) is 0 Å². The van der Waals surface area contributed by atoms with Gasteiger partial charge in [0.25, 0.3) is 0 Å². The molecule has 4 heteroatoms. The lowest BCUT2D eigenvalue weighted by atomic mass is 9.93. The summed E-state index contributed by atoms with van der Waals surface area (Å²) in [6.45, 7) is 2.36. The van der Waals surface area contributed by atoms with Crippen molar-refractivity contribution in [2.45, 2.75) is 31.7 Å². The van der Waals surface area contributed by atoms with Crippen LogP contribution in [0.3, 0.4) is 0 Å². The number of carboxylic acid groups (broad SMARTS) is 1. The van der Waals surface area contributed by atoms with Crippen molar-refractivity contribution < 1.29 is 14.7 Å². The Kier molecular flexibility index (Phi) is 3.90. The fourth-order valence-electron chi connectivity index (χ4n) is 2.88. The van der Waals surface area contributed by atoms with Gasteiger partial charge in [-0.15, -0.1) is 0 Å². The number of aryl methyl sites for hydroxylation is 1. The number of rotatable bonds is 5. The number of carboxylic acids is 1. The van der Waals surface area contributed by atoms with E-state index in [-0.39, 0.29) is 11.5 Å². The van der Waals surface area contributed by atoms with E-state index in [0.29, 0.717) is 6.54 Å². The molecule has 0 bridgehead atoms. The second-order valence-corrected chi connectivity index (χ2v) is 6.14. The van der Waals surface area contributed by atoms with Crippen molar-refractivity contribution in [3.05, 3.63) is 70.8 Å². The molecule has 2 aromatic rings. The number of amides is 1. The van der Waals surface area contributed by atoms with Crippen LogP contribution in [0.2, 0.25) is 0 Å². The minimum Gasteiger partial charge on any atom is -0.478 e. The summed E-state index contributed by atoms with van der Waals surface area (Å²) >= 11 is 0. The Labute approximate surface area is 135 Å². The lowest BCUT2D eigenvalue weighted by Crippen LogP contribution is -2.34. The molecule has 0 spiro atoms. The molecule has 0 radical (unpaired) electrons. The summed E-state index contributed by atoms with van der Waals surface area (Å²) in [5, 5.41) is 12.0. The van der Waals surface area contributed by atoms with Gasteiger partial charge in [0.05, 0.1) is 11.0 Å². The largest absolute Gasteiger partial charge is 0.478 e. The van der Waals surface area contributed by atoms with Crippen LogP contribution in [-0.4, -0.2) is 17.0 Å². The topological polar surface area (TPSA) is 66.4 Å². The van der Waals surface area contributed by atoms with Crippen LogP contribution in [0.5, 0.6) is 0 Å². The predicted molar refractivity (Wildman–Crippen MR) is 87.3 cm³/mol. The zero-order chi connectivity index (χ0) is 16.4. The summed E-state index contributed by atoms with van der Waals surface area (Å²) in [5.74, 6) is -0.944. The highest BCUT2D eigenvalue weighted by Gasteiger charge is 2.51. The minimum atomic E-state index is -0.961. The molecule has 1 aliphatic carbocycles. The third-order valence-corrected chi connectivity index (χ3v) is 4.38. The maximum absolute atomic E-state index is 12.6. The van der Waals surface area contributed by atoms with E-state index in [4.69, 9.17) is 5.11 Å². The molecule has 0 heterocycles. The third-order valence-electron chi connectivity index (χ3n) is 4.38. The quantitative estimate of drug-likeness (QED) is 0.892. The second-order valence-electron chi connectivity index (χ2n) is 6.14. The first-order valence-corrected chi connectivity index (χ1v) is 7.69. The molecule has 23 heavy (non-hydrogen) atoms. The van der Waals surface area contributed by atoms with E-state index in [1.165, 1.54) is 0 Å². The average molecular weight is 309 g/mol. The number of carbonyl (C=O) groups is 2. The molecule has 0 saturated heterocycles. The van der Waals surface area contributed by atoms with E-state index in [1.807, 2.05) is 31.2 Å². The zero-order valence-corrected chi connectivity index (χ0v) is 13.0. The number of carbonyl (C=O) groups excluding carboxylic acids is 1. The number of benzene rings is 2. The van der Waals surface area contributed by atoms with E-state index in [0.717, 1.165) is 29.5 Å². The van der Waals surface area contributed by atoms with E-state index in [2.05, 4.69) is 11.4 Å². The Bertz CT molecular complexity index is 763. The highest BCUT2D eigenvalue weighted by atomic mass is 16.4. The van der Waals surface area contributed by atoms with Crippen molar-refractivity contribution in [3.63, 3.8) is 0 Å². The first kappa shape index (κ1) is 15.3. The van der Waals surface area contributed by atoms with Crippen LogP contribution in [-0.2, 0) is 16.8 Å². The van der Waals surface area contributed by atoms with E-state index < -0.39 is 11.4 Å². The number of nitrogens with one attached hydrogen (secondary N) is 1. The average Bonchev–Trinajstić information content (AvgIpc) is 3.35. The highest BCUT2D eigenvalue weighted by Crippen LogP contribution is 2.48. The lowest BCUT2D eigenvalue weighted by molar-refractivity contribution is -0.123. The first-order valence-electron chi connectivity index (χ1n) is 7.69. The third kappa shape index (κ3) is 3.11. The molecule has 0 atom stereocenters. The Hall–Kier alpha value is -2.62. The molecular formula is C19H19NO3. The van der Waals surface area contributed by atoms with Gasteiger partial charge in [0.1, 0.15) is 0 Å². The van der Waals surface area contributed by atoms with Gasteiger partial charge in [-0.3, -0.25) is 4.79 Å². The second kappa shape index (κ2) is 5.88. The summed E-state index contributed by atoms with van der Waals surface area (Å²) in [4.78, 5) is 23.6. The molecule has 0 aromatic heterocycles. The first-order chi connectivity index (χ1) is 11.0. The van der Waals surface area contributed by atoms with Crippen molar-refractivity contribution in [1.29, 1.82) is 0 Å². The summed E-state index contributed by atoms with van der Waals surface area (Å²) in [6, 6.07) is 14.7. The van der Waals surface area contributed by atoms with Crippen molar-refractivity contribution in [3.8, 4) is 0 Å². The molecule has 0 unspecified atom stereocenters. The van der Waals surface area contributed by atoms with Gasteiger partial charge < -0.3 is 10.4 Å². The van der Waals surface area contributed by atoms with E-state index in [1.54, 1.807) is 18.2 Å². The molecule has 1 amide bonds. The van der Waals surface area contributed by atoms with Gasteiger partial charge in [-0.05, 0) is 43.0 Å². The predicted octanol–water partition coefficient (Wildman–Crippen LogP) is 3.04. The van der Waals surface area contributed by atoms with Crippen molar-refractivity contribution in [2.24, 2.45) is 0 Å². The van der Waals surface area contributed by atoms with Crippen LogP contribution in [0.1, 0.15) is 39.9 Å². The van der Waals surface area contributed by atoms with Gasteiger partial charge in [-0.2, -0.15) is 0 Å². The summed E-state index contributed by atoms with van der Waals surface area (Å²) in [5.41, 5.74) is 2.83. The molecule has 1 aliphatic rings. The monoisotopic (exact) mass is 309 g/mol. The molecule has 2 N–H and O–H groups in total. The van der Waals surface area contributed by atoms with E-state index in [9.17, 15) is 9.59 Å². The van der Waals surface area contributed by atoms with E-state index >= 15 is 0 Å². The fourth-order valence-corrected chi connectivity index (χ4v) is 2.88.